The van der Waals surface area contributed by atoms with Crippen LogP contribution in [-0.4, -0.2) is 23.5 Å². The van der Waals surface area contributed by atoms with Gasteiger partial charge in [-0.2, -0.15) is 13.2 Å². The molecule has 31 heavy (non-hydrogen) atoms. The van der Waals surface area contributed by atoms with Gasteiger partial charge in [-0.3, -0.25) is 4.79 Å². The standard InChI is InChI=1S/C23H22F4N2O2/c24-17-8-9-18-19(11-17)28-21(20(18)14-6-4-13(12-30)5-7-14)29-22(31)15-2-1-3-16(10-15)23(25,26)27/h1-3,8-11,13-14,20,30H,4-7,12H2,(H,28,29,31)/t13?,14?,20-/m1/s1. The molecule has 0 spiro atoms. The molecule has 4 nitrogen and oxygen atoms in total. The van der Waals surface area contributed by atoms with Crippen LogP contribution < -0.4 is 5.32 Å². The van der Waals surface area contributed by atoms with E-state index in [0.717, 1.165) is 43.4 Å². The summed E-state index contributed by atoms with van der Waals surface area (Å²) in [6.07, 6.45) is -1.26. The summed E-state index contributed by atoms with van der Waals surface area (Å²) >= 11 is 0. The summed E-state index contributed by atoms with van der Waals surface area (Å²) in [6, 6.07) is 8.51. The van der Waals surface area contributed by atoms with E-state index in [-0.39, 0.29) is 29.9 Å². The molecular formula is C23H22F4N2O2. The molecule has 164 valence electrons. The minimum absolute atomic E-state index is 0.123. The predicted octanol–water partition coefficient (Wildman–Crippen LogP) is 5.20. The number of nitrogens with one attached hydrogen (secondary N) is 1. The molecule has 1 fully saturated rings. The zero-order valence-corrected chi connectivity index (χ0v) is 16.6. The molecule has 4 rings (SSSR count). The maximum Gasteiger partial charge on any atom is 0.416 e. The average molecular weight is 434 g/mol. The van der Waals surface area contributed by atoms with Crippen molar-refractivity contribution in [2.45, 2.75) is 37.8 Å². The van der Waals surface area contributed by atoms with Crippen LogP contribution in [0, 0.1) is 17.7 Å². The number of benzene rings is 2. The van der Waals surface area contributed by atoms with Gasteiger partial charge in [-0.1, -0.05) is 12.1 Å². The summed E-state index contributed by atoms with van der Waals surface area (Å²) in [6.45, 7) is 0.131. The van der Waals surface area contributed by atoms with Crippen LogP contribution in [0.1, 0.15) is 53.1 Å². The Morgan fingerprint density at radius 1 is 1.10 bits per heavy atom. The highest BCUT2D eigenvalue weighted by Gasteiger charge is 2.37. The van der Waals surface area contributed by atoms with E-state index in [1.165, 1.54) is 24.3 Å². The van der Waals surface area contributed by atoms with Gasteiger partial charge >= 0.3 is 6.18 Å². The molecule has 0 unspecified atom stereocenters. The fourth-order valence-electron chi connectivity index (χ4n) is 4.54. The van der Waals surface area contributed by atoms with Crippen LogP contribution in [0.2, 0.25) is 0 Å². The van der Waals surface area contributed by atoms with E-state index in [1.54, 1.807) is 6.07 Å². The highest BCUT2D eigenvalue weighted by atomic mass is 19.4. The van der Waals surface area contributed by atoms with Crippen LogP contribution >= 0.6 is 0 Å². The normalized spacial score (nSPS) is 23.3. The van der Waals surface area contributed by atoms with Crippen molar-refractivity contribution in [3.05, 3.63) is 65.0 Å². The topological polar surface area (TPSA) is 61.7 Å². The van der Waals surface area contributed by atoms with Crippen LogP contribution in [0.3, 0.4) is 0 Å². The number of carbonyl (C=O) groups excluding carboxylic acids is 1. The molecule has 1 aliphatic heterocycles. The molecule has 0 radical (unpaired) electrons. The monoisotopic (exact) mass is 434 g/mol. The molecule has 2 aromatic rings. The lowest BCUT2D eigenvalue weighted by molar-refractivity contribution is -0.137. The number of hydrogen-bond donors (Lipinski definition) is 2. The summed E-state index contributed by atoms with van der Waals surface area (Å²) in [5.41, 5.74) is 0.196. The molecule has 0 aromatic heterocycles. The average Bonchev–Trinajstić information content (AvgIpc) is 3.10. The number of hydrogen-bond acceptors (Lipinski definition) is 3. The lowest BCUT2D eigenvalue weighted by Crippen LogP contribution is -2.37. The van der Waals surface area contributed by atoms with Crippen molar-refractivity contribution in [1.29, 1.82) is 0 Å². The molecule has 2 N–H and O–H groups in total. The smallest absolute Gasteiger partial charge is 0.396 e. The Balaban J connectivity index is 1.60. The van der Waals surface area contributed by atoms with E-state index in [1.807, 2.05) is 0 Å². The molecule has 1 atom stereocenters. The van der Waals surface area contributed by atoms with Gasteiger partial charge in [0.05, 0.1) is 11.3 Å². The third-order valence-corrected chi connectivity index (χ3v) is 6.18. The summed E-state index contributed by atoms with van der Waals surface area (Å²) in [7, 11) is 0. The number of nitrogens with zero attached hydrogens (tertiary/aromatic N) is 1. The molecule has 8 heteroatoms. The third kappa shape index (κ3) is 4.49. The van der Waals surface area contributed by atoms with Crippen LogP contribution in [0.5, 0.6) is 0 Å². The minimum Gasteiger partial charge on any atom is -0.396 e. The van der Waals surface area contributed by atoms with E-state index in [9.17, 15) is 27.5 Å². The van der Waals surface area contributed by atoms with Crippen molar-refractivity contribution in [3.63, 3.8) is 0 Å². The second kappa shape index (κ2) is 8.42. The van der Waals surface area contributed by atoms with E-state index in [4.69, 9.17) is 0 Å². The van der Waals surface area contributed by atoms with Crippen molar-refractivity contribution in [3.8, 4) is 0 Å². The number of fused-ring (bicyclic) bond motifs is 1. The zero-order valence-electron chi connectivity index (χ0n) is 16.6. The van der Waals surface area contributed by atoms with Gasteiger partial charge in [-0.15, -0.1) is 0 Å². The third-order valence-electron chi connectivity index (χ3n) is 6.18. The molecule has 0 bridgehead atoms. The number of amides is 1. The predicted molar refractivity (Wildman–Crippen MR) is 108 cm³/mol. The lowest BCUT2D eigenvalue weighted by atomic mass is 9.73. The van der Waals surface area contributed by atoms with E-state index in [2.05, 4.69) is 10.3 Å². The van der Waals surface area contributed by atoms with Crippen molar-refractivity contribution >= 4 is 17.4 Å². The molecule has 1 saturated carbocycles. The summed E-state index contributed by atoms with van der Waals surface area (Å²) in [4.78, 5) is 17.2. The first kappa shape index (κ1) is 21.5. The first-order valence-corrected chi connectivity index (χ1v) is 10.2. The van der Waals surface area contributed by atoms with E-state index in [0.29, 0.717) is 11.5 Å². The molecule has 1 amide bonds. The van der Waals surface area contributed by atoms with Gasteiger partial charge in [0.2, 0.25) is 0 Å². The summed E-state index contributed by atoms with van der Waals surface area (Å²) in [5, 5.41) is 12.1. The van der Waals surface area contributed by atoms with Crippen LogP contribution in [0.25, 0.3) is 0 Å². The van der Waals surface area contributed by atoms with Crippen LogP contribution in [0.4, 0.5) is 23.2 Å². The van der Waals surface area contributed by atoms with Crippen molar-refractivity contribution in [2.24, 2.45) is 16.8 Å². The molecule has 2 aromatic carbocycles. The SMILES string of the molecule is O=C(NC1=Nc2cc(F)ccc2[C@H]1C1CCC(CO)CC1)c1cccc(C(F)(F)F)c1. The Bertz CT molecular complexity index is 1010. The number of aliphatic hydroxyl groups is 1. The quantitative estimate of drug-likeness (QED) is 0.653. The Labute approximate surface area is 177 Å². The van der Waals surface area contributed by atoms with Gasteiger partial charge in [0.25, 0.3) is 5.91 Å². The fourth-order valence-corrected chi connectivity index (χ4v) is 4.54. The molecule has 1 heterocycles. The number of amidine groups is 1. The van der Waals surface area contributed by atoms with E-state index < -0.39 is 23.5 Å². The minimum atomic E-state index is -4.55. The van der Waals surface area contributed by atoms with Crippen LogP contribution in [-0.2, 0) is 6.18 Å². The Morgan fingerprint density at radius 3 is 2.52 bits per heavy atom. The first-order chi connectivity index (χ1) is 14.8. The van der Waals surface area contributed by atoms with Gasteiger partial charge < -0.3 is 10.4 Å². The van der Waals surface area contributed by atoms with Gasteiger partial charge in [0.15, 0.2) is 0 Å². The zero-order chi connectivity index (χ0) is 22.2. The number of aliphatic imine (C=N–C) groups is 1. The molecule has 0 saturated heterocycles. The maximum atomic E-state index is 13.7. The van der Waals surface area contributed by atoms with Gasteiger partial charge in [-0.05, 0) is 73.4 Å². The Morgan fingerprint density at radius 2 is 1.84 bits per heavy atom. The highest BCUT2D eigenvalue weighted by Crippen LogP contribution is 2.45. The number of rotatable bonds is 3. The first-order valence-electron chi connectivity index (χ1n) is 10.2. The fraction of sp³-hybridized carbons (Fsp3) is 0.391. The molecule has 1 aliphatic carbocycles. The Kier molecular flexibility index (Phi) is 5.83. The number of carbonyl (C=O) groups is 1. The maximum absolute atomic E-state index is 13.7. The van der Waals surface area contributed by atoms with Crippen LogP contribution in [0.15, 0.2) is 47.5 Å². The van der Waals surface area contributed by atoms with Crippen molar-refractivity contribution in [2.75, 3.05) is 6.61 Å². The number of alkyl halides is 3. The molecular weight excluding hydrogens is 412 g/mol. The highest BCUT2D eigenvalue weighted by molar-refractivity contribution is 6.11. The second-order valence-electron chi connectivity index (χ2n) is 8.17. The second-order valence-corrected chi connectivity index (χ2v) is 8.17. The van der Waals surface area contributed by atoms with Gasteiger partial charge in [0, 0.05) is 18.1 Å². The molecule has 2 aliphatic rings. The van der Waals surface area contributed by atoms with Gasteiger partial charge in [0.1, 0.15) is 11.7 Å². The number of halogens is 4. The summed E-state index contributed by atoms with van der Waals surface area (Å²) < 4.78 is 52.8. The van der Waals surface area contributed by atoms with Crippen molar-refractivity contribution < 1.29 is 27.5 Å². The summed E-state index contributed by atoms with van der Waals surface area (Å²) in [5.74, 6) is -0.705. The van der Waals surface area contributed by atoms with Crippen molar-refractivity contribution in [1.82, 2.24) is 5.32 Å². The van der Waals surface area contributed by atoms with E-state index >= 15 is 0 Å². The Hall–Kier alpha value is -2.74. The largest absolute Gasteiger partial charge is 0.416 e. The van der Waals surface area contributed by atoms with Gasteiger partial charge in [-0.25, -0.2) is 9.38 Å². The lowest BCUT2D eigenvalue weighted by Gasteiger charge is -2.32. The number of aliphatic hydroxyl groups excluding tert-OH is 1.